The Morgan fingerprint density at radius 2 is 2.36 bits per heavy atom. The molecular weight excluding hydrogens is 187 g/mol. The zero-order valence-corrected chi connectivity index (χ0v) is 7.57. The Morgan fingerprint density at radius 1 is 1.64 bits per heavy atom. The van der Waals surface area contributed by atoms with Gasteiger partial charge in [0.15, 0.2) is 0 Å². The molecule has 1 heterocycles. The number of halogens is 2. The van der Waals surface area contributed by atoms with E-state index in [2.05, 4.69) is 0 Å². The second-order valence-corrected chi connectivity index (χ2v) is 3.50. The molecule has 1 aliphatic heterocycles. The van der Waals surface area contributed by atoms with Crippen LogP contribution < -0.4 is 0 Å². The second-order valence-electron chi connectivity index (χ2n) is 2.59. The molecule has 64 valence electrons. The van der Waals surface area contributed by atoms with Crippen molar-refractivity contribution in [2.45, 2.75) is 30.7 Å². The Bertz CT molecular complexity index is 149. The molecule has 0 N–H and O–H groups in total. The van der Waals surface area contributed by atoms with Crippen molar-refractivity contribution in [3.05, 3.63) is 0 Å². The van der Waals surface area contributed by atoms with Gasteiger partial charge in [0.05, 0.1) is 0 Å². The van der Waals surface area contributed by atoms with E-state index in [0.29, 0.717) is 12.3 Å². The molecule has 0 spiro atoms. The van der Waals surface area contributed by atoms with Crippen molar-refractivity contribution in [2.75, 3.05) is 5.88 Å². The minimum absolute atomic E-state index is 0.00347. The quantitative estimate of drug-likeness (QED) is 0.510. The monoisotopic (exact) mass is 196 g/mol. The lowest BCUT2D eigenvalue weighted by molar-refractivity contribution is -0.141. The molecule has 0 aromatic carbocycles. The van der Waals surface area contributed by atoms with Crippen molar-refractivity contribution in [3.63, 3.8) is 0 Å². The Balaban J connectivity index is 2.24. The zero-order valence-electron chi connectivity index (χ0n) is 6.06. The van der Waals surface area contributed by atoms with Crippen LogP contribution in [0.2, 0.25) is 0 Å². The predicted octanol–water partition coefficient (Wildman–Crippen LogP) is 1.93. The highest BCUT2D eigenvalue weighted by Gasteiger charge is 2.31. The van der Waals surface area contributed by atoms with E-state index >= 15 is 0 Å². The molecule has 1 saturated heterocycles. The molecule has 2 nitrogen and oxygen atoms in total. The number of hydrogen-bond acceptors (Lipinski definition) is 2. The summed E-state index contributed by atoms with van der Waals surface area (Å²) < 4.78 is 4.95. The van der Waals surface area contributed by atoms with Crippen molar-refractivity contribution in [1.29, 1.82) is 0 Å². The third-order valence-corrected chi connectivity index (χ3v) is 2.29. The highest BCUT2D eigenvalue weighted by Crippen LogP contribution is 2.22. The zero-order chi connectivity index (χ0) is 8.27. The molecule has 1 rings (SSSR count). The van der Waals surface area contributed by atoms with Crippen molar-refractivity contribution in [2.24, 2.45) is 0 Å². The van der Waals surface area contributed by atoms with Crippen molar-refractivity contribution in [1.82, 2.24) is 0 Å². The van der Waals surface area contributed by atoms with Gasteiger partial charge in [0.25, 0.3) is 0 Å². The average molecular weight is 197 g/mol. The van der Waals surface area contributed by atoms with E-state index in [0.717, 1.165) is 12.8 Å². The molecule has 0 aromatic rings. The topological polar surface area (TPSA) is 26.3 Å². The van der Waals surface area contributed by atoms with Crippen LogP contribution in [0.1, 0.15) is 19.3 Å². The van der Waals surface area contributed by atoms with Gasteiger partial charge in [-0.2, -0.15) is 0 Å². The van der Waals surface area contributed by atoms with Crippen LogP contribution in [0.25, 0.3) is 0 Å². The predicted molar refractivity (Wildman–Crippen MR) is 44.1 cm³/mol. The van der Waals surface area contributed by atoms with Crippen LogP contribution in [-0.2, 0) is 9.53 Å². The average Bonchev–Trinajstić information content (AvgIpc) is 2.28. The molecular formula is C7H10Cl2O2. The fraction of sp³-hybridized carbons (Fsp3) is 0.857. The standard InChI is InChI=1S/C7H10Cl2O2/c8-3-1-2-5-4-6(9)7(10)11-5/h5-6H,1-4H2. The Kier molecular flexibility index (Phi) is 3.46. The Hall–Kier alpha value is 0.0500. The molecule has 0 aliphatic carbocycles. The summed E-state index contributed by atoms with van der Waals surface area (Å²) in [5.41, 5.74) is 0. The van der Waals surface area contributed by atoms with E-state index in [9.17, 15) is 4.79 Å². The number of esters is 1. The van der Waals surface area contributed by atoms with Gasteiger partial charge < -0.3 is 4.74 Å². The Morgan fingerprint density at radius 3 is 2.82 bits per heavy atom. The fourth-order valence-corrected chi connectivity index (χ4v) is 1.50. The van der Waals surface area contributed by atoms with Gasteiger partial charge in [-0.1, -0.05) is 0 Å². The number of carbonyl (C=O) groups is 1. The molecule has 1 fully saturated rings. The molecule has 0 saturated carbocycles. The summed E-state index contributed by atoms with van der Waals surface area (Å²) in [6, 6.07) is 0. The SMILES string of the molecule is O=C1OC(CCCCl)CC1Cl. The molecule has 0 bridgehead atoms. The highest BCUT2D eigenvalue weighted by molar-refractivity contribution is 6.30. The van der Waals surface area contributed by atoms with Gasteiger partial charge in [-0.25, -0.2) is 0 Å². The first-order valence-corrected chi connectivity index (χ1v) is 4.61. The maximum Gasteiger partial charge on any atom is 0.324 e. The first-order chi connectivity index (χ1) is 5.24. The van der Waals surface area contributed by atoms with E-state index in [1.54, 1.807) is 0 Å². The van der Waals surface area contributed by atoms with Gasteiger partial charge in [0.2, 0.25) is 0 Å². The van der Waals surface area contributed by atoms with Crippen LogP contribution in [0.5, 0.6) is 0 Å². The van der Waals surface area contributed by atoms with Gasteiger partial charge in [-0.3, -0.25) is 4.79 Å². The third-order valence-electron chi connectivity index (χ3n) is 1.67. The molecule has 0 aromatic heterocycles. The third kappa shape index (κ3) is 2.53. The second kappa shape index (κ2) is 4.17. The summed E-state index contributed by atoms with van der Waals surface area (Å²) in [6.07, 6.45) is 2.35. The lowest BCUT2D eigenvalue weighted by Crippen LogP contribution is -2.06. The summed E-state index contributed by atoms with van der Waals surface area (Å²) in [4.78, 5) is 10.8. The molecule has 0 amide bonds. The first kappa shape index (κ1) is 9.14. The first-order valence-electron chi connectivity index (χ1n) is 3.64. The van der Waals surface area contributed by atoms with Crippen LogP contribution in [0.3, 0.4) is 0 Å². The molecule has 4 heteroatoms. The van der Waals surface area contributed by atoms with Crippen molar-refractivity contribution >= 4 is 29.2 Å². The molecule has 11 heavy (non-hydrogen) atoms. The summed E-state index contributed by atoms with van der Waals surface area (Å²) in [5, 5.41) is -0.435. The van der Waals surface area contributed by atoms with Crippen LogP contribution in [0.4, 0.5) is 0 Å². The molecule has 2 atom stereocenters. The van der Waals surface area contributed by atoms with Gasteiger partial charge >= 0.3 is 5.97 Å². The number of alkyl halides is 2. The van der Waals surface area contributed by atoms with Gasteiger partial charge in [0.1, 0.15) is 11.5 Å². The maximum atomic E-state index is 10.8. The molecule has 0 radical (unpaired) electrons. The molecule has 1 aliphatic rings. The molecule has 2 unspecified atom stereocenters. The van der Waals surface area contributed by atoms with Crippen molar-refractivity contribution < 1.29 is 9.53 Å². The highest BCUT2D eigenvalue weighted by atomic mass is 35.5. The van der Waals surface area contributed by atoms with Crippen LogP contribution >= 0.6 is 23.2 Å². The summed E-state index contributed by atoms with van der Waals surface area (Å²) >= 11 is 11.1. The van der Waals surface area contributed by atoms with E-state index in [-0.39, 0.29) is 12.1 Å². The lowest BCUT2D eigenvalue weighted by Gasteiger charge is -2.05. The van der Waals surface area contributed by atoms with E-state index in [4.69, 9.17) is 27.9 Å². The fourth-order valence-electron chi connectivity index (χ4n) is 1.09. The van der Waals surface area contributed by atoms with Gasteiger partial charge in [-0.15, -0.1) is 23.2 Å². The number of rotatable bonds is 3. The van der Waals surface area contributed by atoms with Crippen LogP contribution in [0, 0.1) is 0 Å². The van der Waals surface area contributed by atoms with E-state index in [1.807, 2.05) is 0 Å². The van der Waals surface area contributed by atoms with Crippen LogP contribution in [0.15, 0.2) is 0 Å². The minimum atomic E-state index is -0.435. The minimum Gasteiger partial charge on any atom is -0.461 e. The van der Waals surface area contributed by atoms with Crippen molar-refractivity contribution in [3.8, 4) is 0 Å². The smallest absolute Gasteiger partial charge is 0.324 e. The van der Waals surface area contributed by atoms with Gasteiger partial charge in [-0.05, 0) is 12.8 Å². The lowest BCUT2D eigenvalue weighted by atomic mass is 10.1. The number of cyclic esters (lactones) is 1. The maximum absolute atomic E-state index is 10.8. The summed E-state index contributed by atoms with van der Waals surface area (Å²) in [5.74, 6) is 0.326. The largest absolute Gasteiger partial charge is 0.461 e. The number of ether oxygens (including phenoxy) is 1. The number of hydrogen-bond donors (Lipinski definition) is 0. The number of carbonyl (C=O) groups excluding carboxylic acids is 1. The van der Waals surface area contributed by atoms with E-state index < -0.39 is 5.38 Å². The Labute approximate surface area is 75.8 Å². The summed E-state index contributed by atoms with van der Waals surface area (Å²) in [7, 11) is 0. The van der Waals surface area contributed by atoms with Gasteiger partial charge in [0, 0.05) is 12.3 Å². The summed E-state index contributed by atoms with van der Waals surface area (Å²) in [6.45, 7) is 0. The normalized spacial score (nSPS) is 30.5. The van der Waals surface area contributed by atoms with E-state index in [1.165, 1.54) is 0 Å². The van der Waals surface area contributed by atoms with Crippen LogP contribution in [-0.4, -0.2) is 23.3 Å².